The number of halogens is 1. The maximum atomic E-state index is 5.99. The molecule has 1 atom stereocenters. The van der Waals surface area contributed by atoms with Crippen LogP contribution in [0.25, 0.3) is 0 Å². The van der Waals surface area contributed by atoms with Gasteiger partial charge in [0.2, 0.25) is 0 Å². The lowest BCUT2D eigenvalue weighted by Crippen LogP contribution is -2.17. The molecule has 0 aliphatic carbocycles. The largest absolute Gasteiger partial charge is 0.304 e. The van der Waals surface area contributed by atoms with E-state index in [0.29, 0.717) is 0 Å². The van der Waals surface area contributed by atoms with Crippen LogP contribution in [0.4, 0.5) is 0 Å². The molecule has 0 saturated heterocycles. The highest BCUT2D eigenvalue weighted by Crippen LogP contribution is 2.20. The summed E-state index contributed by atoms with van der Waals surface area (Å²) < 4.78 is 0. The van der Waals surface area contributed by atoms with Crippen LogP contribution in [0.15, 0.2) is 24.3 Å². The van der Waals surface area contributed by atoms with E-state index in [4.69, 9.17) is 11.6 Å². The molecule has 1 aromatic heterocycles. The van der Waals surface area contributed by atoms with Crippen molar-refractivity contribution in [2.45, 2.75) is 33.4 Å². The molecular weight excluding hydrogens is 264 g/mol. The third-order valence-corrected chi connectivity index (χ3v) is 4.29. The Kier molecular flexibility index (Phi) is 4.38. The van der Waals surface area contributed by atoms with Crippen LogP contribution in [0.1, 0.15) is 34.1 Å². The number of nitrogens with one attached hydrogen (secondary N) is 1. The summed E-state index contributed by atoms with van der Waals surface area (Å²) >= 11 is 7.75. The summed E-state index contributed by atoms with van der Waals surface area (Å²) in [5.41, 5.74) is 2.33. The molecule has 0 aliphatic rings. The lowest BCUT2D eigenvalue weighted by atomic mass is 10.1. The molecule has 4 heteroatoms. The Morgan fingerprint density at radius 3 is 2.78 bits per heavy atom. The minimum atomic E-state index is 0.271. The molecule has 2 aromatic rings. The molecule has 0 unspecified atom stereocenters. The Morgan fingerprint density at radius 1 is 1.39 bits per heavy atom. The lowest BCUT2D eigenvalue weighted by molar-refractivity contribution is 0.573. The first-order valence-corrected chi connectivity index (χ1v) is 7.17. The van der Waals surface area contributed by atoms with E-state index in [1.54, 1.807) is 11.3 Å². The zero-order valence-electron chi connectivity index (χ0n) is 10.8. The van der Waals surface area contributed by atoms with E-state index >= 15 is 0 Å². The monoisotopic (exact) mass is 280 g/mol. The minimum absolute atomic E-state index is 0.271. The summed E-state index contributed by atoms with van der Waals surface area (Å²) in [5.74, 6) is 0. The number of thiazole rings is 1. The molecule has 2 rings (SSSR count). The summed E-state index contributed by atoms with van der Waals surface area (Å²) in [7, 11) is 0. The molecule has 1 aromatic carbocycles. The van der Waals surface area contributed by atoms with E-state index in [1.807, 2.05) is 18.2 Å². The molecule has 1 N–H and O–H groups in total. The fourth-order valence-electron chi connectivity index (χ4n) is 1.75. The van der Waals surface area contributed by atoms with Gasteiger partial charge >= 0.3 is 0 Å². The SMILES string of the molecule is Cc1nc(CN[C@@H](C)c2cccc(Cl)c2)sc1C. The van der Waals surface area contributed by atoms with Crippen molar-refractivity contribution in [3.05, 3.63) is 50.4 Å². The first-order chi connectivity index (χ1) is 8.56. The Labute approximate surface area is 117 Å². The highest BCUT2D eigenvalue weighted by Gasteiger charge is 2.08. The molecule has 2 nitrogen and oxygen atoms in total. The zero-order valence-corrected chi connectivity index (χ0v) is 12.4. The minimum Gasteiger partial charge on any atom is -0.304 e. The van der Waals surface area contributed by atoms with E-state index in [9.17, 15) is 0 Å². The van der Waals surface area contributed by atoms with Gasteiger partial charge in [0, 0.05) is 22.5 Å². The molecule has 0 saturated carbocycles. The number of benzene rings is 1. The predicted octanol–water partition coefficient (Wildman–Crippen LogP) is 4.26. The summed E-state index contributed by atoms with van der Waals surface area (Å²) in [6, 6.07) is 8.23. The van der Waals surface area contributed by atoms with Gasteiger partial charge in [-0.2, -0.15) is 0 Å². The first kappa shape index (κ1) is 13.5. The topological polar surface area (TPSA) is 24.9 Å². The van der Waals surface area contributed by atoms with Gasteiger partial charge in [0.15, 0.2) is 0 Å². The van der Waals surface area contributed by atoms with Gasteiger partial charge in [-0.05, 0) is 38.5 Å². The average Bonchev–Trinajstić information content (AvgIpc) is 2.66. The predicted molar refractivity (Wildman–Crippen MR) is 78.3 cm³/mol. The van der Waals surface area contributed by atoms with Crippen molar-refractivity contribution in [1.29, 1.82) is 0 Å². The van der Waals surface area contributed by atoms with Crippen LogP contribution < -0.4 is 5.32 Å². The van der Waals surface area contributed by atoms with E-state index in [2.05, 4.69) is 37.1 Å². The summed E-state index contributed by atoms with van der Waals surface area (Å²) in [5, 5.41) is 5.39. The molecule has 1 heterocycles. The lowest BCUT2D eigenvalue weighted by Gasteiger charge is -2.13. The van der Waals surface area contributed by atoms with Crippen molar-refractivity contribution in [3.8, 4) is 0 Å². The van der Waals surface area contributed by atoms with Gasteiger partial charge in [-0.3, -0.25) is 0 Å². The maximum absolute atomic E-state index is 5.99. The van der Waals surface area contributed by atoms with Crippen molar-refractivity contribution in [2.24, 2.45) is 0 Å². The Morgan fingerprint density at radius 2 is 2.17 bits per heavy atom. The molecule has 18 heavy (non-hydrogen) atoms. The molecule has 0 bridgehead atoms. The van der Waals surface area contributed by atoms with Gasteiger partial charge in [0.1, 0.15) is 5.01 Å². The van der Waals surface area contributed by atoms with Gasteiger partial charge in [0.05, 0.1) is 5.69 Å². The van der Waals surface area contributed by atoms with Crippen molar-refractivity contribution in [2.75, 3.05) is 0 Å². The number of nitrogens with zero attached hydrogens (tertiary/aromatic N) is 1. The van der Waals surface area contributed by atoms with Crippen LogP contribution in [-0.2, 0) is 6.54 Å². The Bertz CT molecular complexity index is 517. The second-order valence-electron chi connectivity index (χ2n) is 4.41. The fourth-order valence-corrected chi connectivity index (χ4v) is 2.83. The second kappa shape index (κ2) is 5.83. The molecule has 96 valence electrons. The maximum Gasteiger partial charge on any atom is 0.107 e. The molecule has 0 amide bonds. The van der Waals surface area contributed by atoms with Gasteiger partial charge in [-0.25, -0.2) is 4.98 Å². The quantitative estimate of drug-likeness (QED) is 0.905. The number of hydrogen-bond donors (Lipinski definition) is 1. The van der Waals surface area contributed by atoms with Gasteiger partial charge in [0.25, 0.3) is 0 Å². The summed E-state index contributed by atoms with van der Waals surface area (Å²) in [4.78, 5) is 5.82. The van der Waals surface area contributed by atoms with E-state index in [1.165, 1.54) is 10.4 Å². The first-order valence-electron chi connectivity index (χ1n) is 5.98. The molecule has 0 aliphatic heterocycles. The van der Waals surface area contributed by atoms with Crippen LogP contribution in [0.3, 0.4) is 0 Å². The summed E-state index contributed by atoms with van der Waals surface area (Å²) in [6.07, 6.45) is 0. The average molecular weight is 281 g/mol. The van der Waals surface area contributed by atoms with Crippen molar-refractivity contribution in [1.82, 2.24) is 10.3 Å². The highest BCUT2D eigenvalue weighted by molar-refractivity contribution is 7.11. The Balaban J connectivity index is 1.98. The smallest absolute Gasteiger partial charge is 0.107 e. The molecule has 0 radical (unpaired) electrons. The van der Waals surface area contributed by atoms with Crippen LogP contribution >= 0.6 is 22.9 Å². The third-order valence-electron chi connectivity index (χ3n) is 2.98. The number of aryl methyl sites for hydroxylation is 2. The van der Waals surface area contributed by atoms with Crippen LogP contribution in [0, 0.1) is 13.8 Å². The zero-order chi connectivity index (χ0) is 13.1. The Hall–Kier alpha value is -0.900. The summed E-state index contributed by atoms with van der Waals surface area (Å²) in [6.45, 7) is 7.10. The number of aromatic nitrogens is 1. The third kappa shape index (κ3) is 3.31. The van der Waals surface area contributed by atoms with Crippen molar-refractivity contribution < 1.29 is 0 Å². The molecule has 0 spiro atoms. The second-order valence-corrected chi connectivity index (χ2v) is 6.13. The van der Waals surface area contributed by atoms with Crippen LogP contribution in [-0.4, -0.2) is 4.98 Å². The van der Waals surface area contributed by atoms with Gasteiger partial charge < -0.3 is 5.32 Å². The highest BCUT2D eigenvalue weighted by atomic mass is 35.5. The molecular formula is C14H17ClN2S. The van der Waals surface area contributed by atoms with Crippen molar-refractivity contribution >= 4 is 22.9 Å². The van der Waals surface area contributed by atoms with Crippen molar-refractivity contribution in [3.63, 3.8) is 0 Å². The van der Waals surface area contributed by atoms with Crippen LogP contribution in [0.5, 0.6) is 0 Å². The van der Waals surface area contributed by atoms with Gasteiger partial charge in [-0.15, -0.1) is 11.3 Å². The van der Waals surface area contributed by atoms with E-state index in [-0.39, 0.29) is 6.04 Å². The molecule has 0 fully saturated rings. The van der Waals surface area contributed by atoms with E-state index in [0.717, 1.165) is 22.3 Å². The van der Waals surface area contributed by atoms with Gasteiger partial charge in [-0.1, -0.05) is 23.7 Å². The normalized spacial score (nSPS) is 12.7. The van der Waals surface area contributed by atoms with E-state index < -0.39 is 0 Å². The van der Waals surface area contributed by atoms with Crippen LogP contribution in [0.2, 0.25) is 5.02 Å². The number of hydrogen-bond acceptors (Lipinski definition) is 3. The fraction of sp³-hybridized carbons (Fsp3) is 0.357. The number of rotatable bonds is 4. The standard InChI is InChI=1S/C14H17ClN2S/c1-9-11(3)18-14(17-9)8-16-10(2)12-5-4-6-13(15)7-12/h4-7,10,16H,8H2,1-3H3/t10-/m0/s1.